The Morgan fingerprint density at radius 3 is 2.02 bits per heavy atom. The number of aliphatic hydroxyl groups is 1. The first-order valence-corrected chi connectivity index (χ1v) is 17.7. The highest BCUT2D eigenvalue weighted by molar-refractivity contribution is 5.66. The zero-order valence-electron chi connectivity index (χ0n) is 27.7. The average molecular weight is 589 g/mol. The summed E-state index contributed by atoms with van der Waals surface area (Å²) in [5, 5.41) is 26.9. The number of carbonyl (C=O) groups is 2. The molecule has 3 fully saturated rings. The number of carboxylic acids is 2. The van der Waals surface area contributed by atoms with Gasteiger partial charge in [-0.3, -0.25) is 9.59 Å². The fourth-order valence-electron chi connectivity index (χ4n) is 9.93. The lowest BCUT2D eigenvalue weighted by molar-refractivity contribution is -0.138. The normalized spacial score (nSPS) is 34.4. The van der Waals surface area contributed by atoms with Crippen LogP contribution < -0.4 is 0 Å². The van der Waals surface area contributed by atoms with Gasteiger partial charge >= 0.3 is 11.9 Å². The maximum atomic E-state index is 10.2. The van der Waals surface area contributed by atoms with E-state index in [4.69, 9.17) is 10.2 Å². The molecule has 0 aromatic rings. The van der Waals surface area contributed by atoms with Crippen molar-refractivity contribution in [2.24, 2.45) is 46.3 Å². The summed E-state index contributed by atoms with van der Waals surface area (Å²) in [4.78, 5) is 20.3. The molecule has 3 N–H and O–H groups in total. The highest BCUT2D eigenvalue weighted by Crippen LogP contribution is 2.67. The van der Waals surface area contributed by atoms with Crippen LogP contribution in [-0.4, -0.2) is 33.4 Å². The van der Waals surface area contributed by atoms with Crippen molar-refractivity contribution in [3.05, 3.63) is 11.6 Å². The molecule has 0 amide bonds. The lowest BCUT2D eigenvalue weighted by Gasteiger charge is -2.58. The number of allylic oxidation sites excluding steroid dienone is 1. The van der Waals surface area contributed by atoms with Crippen LogP contribution >= 0.6 is 0 Å². The highest BCUT2D eigenvalue weighted by atomic mass is 16.4. The van der Waals surface area contributed by atoms with Gasteiger partial charge in [-0.15, -0.1) is 0 Å². The zero-order chi connectivity index (χ0) is 30.9. The summed E-state index contributed by atoms with van der Waals surface area (Å²) in [7, 11) is 0. The molecule has 5 nitrogen and oxygen atoms in total. The Hall–Kier alpha value is -1.36. The molecule has 4 aliphatic rings. The van der Waals surface area contributed by atoms with Crippen molar-refractivity contribution >= 4 is 11.9 Å². The second-order valence-electron chi connectivity index (χ2n) is 15.6. The van der Waals surface area contributed by atoms with E-state index in [1.54, 1.807) is 5.57 Å². The first-order chi connectivity index (χ1) is 19.9. The topological polar surface area (TPSA) is 94.8 Å². The van der Waals surface area contributed by atoms with Crippen molar-refractivity contribution in [1.29, 1.82) is 0 Å². The molecular weight excluding hydrogens is 524 g/mol. The molecule has 0 saturated heterocycles. The van der Waals surface area contributed by atoms with E-state index in [0.717, 1.165) is 86.9 Å². The Bertz CT molecular complexity index is 875. The first kappa shape index (κ1) is 35.1. The van der Waals surface area contributed by atoms with Crippen molar-refractivity contribution < 1.29 is 24.9 Å². The molecule has 0 spiro atoms. The second-order valence-corrected chi connectivity index (χ2v) is 15.6. The van der Waals surface area contributed by atoms with Crippen LogP contribution in [0.1, 0.15) is 157 Å². The summed E-state index contributed by atoms with van der Waals surface area (Å²) in [6.45, 7) is 12.6. The Labute approximate surface area is 257 Å². The van der Waals surface area contributed by atoms with E-state index < -0.39 is 11.9 Å². The van der Waals surface area contributed by atoms with E-state index >= 15 is 0 Å². The van der Waals surface area contributed by atoms with E-state index in [1.807, 2.05) is 0 Å². The second kappa shape index (κ2) is 16.1. The SMILES string of the molecule is CC(C)CCC[C@@H](C)[C@H]1CC[C@H]2[C@@H]3CC=C4C[C@@H](O)CC[C@]4(C)[C@H]3CC[C@]12C.O=C(O)CCCCCCCCC(=O)O. The lowest BCUT2D eigenvalue weighted by atomic mass is 9.47. The average Bonchev–Trinajstić information content (AvgIpc) is 3.28. The van der Waals surface area contributed by atoms with Crippen molar-refractivity contribution in [1.82, 2.24) is 0 Å². The summed E-state index contributed by atoms with van der Waals surface area (Å²) in [6.07, 6.45) is 23.0. The van der Waals surface area contributed by atoms with Crippen molar-refractivity contribution in [3.8, 4) is 0 Å². The zero-order valence-corrected chi connectivity index (χ0v) is 27.7. The molecule has 0 heterocycles. The highest BCUT2D eigenvalue weighted by Gasteiger charge is 2.59. The summed E-state index contributed by atoms with van der Waals surface area (Å²) in [6, 6.07) is 0. The fraction of sp³-hybridized carbons (Fsp3) is 0.892. The maximum absolute atomic E-state index is 10.2. The summed E-state index contributed by atoms with van der Waals surface area (Å²) in [5.41, 5.74) is 2.60. The predicted molar refractivity (Wildman–Crippen MR) is 171 cm³/mol. The minimum absolute atomic E-state index is 0.0766. The molecule has 3 saturated carbocycles. The standard InChI is InChI=1S/C27H46O.C10H18O4/c1-18(2)7-6-8-19(3)23-11-12-24-22-10-9-20-17-21(28)13-15-26(20,4)25(22)14-16-27(23,24)5;11-9(12)7-5-3-1-2-4-6-8-10(13)14/h9,18-19,21-25,28H,6-8,10-17H2,1-5H3;1-8H2,(H,11,12)(H,13,14)/t19-,21+,22+,23-,24+,25+,26+,27-;/m1./s1. The maximum Gasteiger partial charge on any atom is 0.303 e. The van der Waals surface area contributed by atoms with Gasteiger partial charge in [-0.2, -0.15) is 0 Å². The molecule has 8 atom stereocenters. The smallest absolute Gasteiger partial charge is 0.303 e. The molecule has 0 bridgehead atoms. The number of aliphatic carboxylic acids is 2. The third-order valence-electron chi connectivity index (χ3n) is 12.3. The van der Waals surface area contributed by atoms with Gasteiger partial charge in [-0.25, -0.2) is 0 Å². The van der Waals surface area contributed by atoms with Gasteiger partial charge in [0.1, 0.15) is 0 Å². The third-order valence-corrected chi connectivity index (χ3v) is 12.3. The number of unbranched alkanes of at least 4 members (excludes halogenated alkanes) is 5. The Morgan fingerprint density at radius 1 is 0.810 bits per heavy atom. The van der Waals surface area contributed by atoms with Gasteiger partial charge in [-0.05, 0) is 111 Å². The molecular formula is C37H64O5. The largest absolute Gasteiger partial charge is 0.481 e. The van der Waals surface area contributed by atoms with Gasteiger partial charge in [0.25, 0.3) is 0 Å². The van der Waals surface area contributed by atoms with E-state index in [2.05, 4.69) is 40.7 Å². The molecule has 0 aromatic carbocycles. The van der Waals surface area contributed by atoms with E-state index in [0.29, 0.717) is 10.8 Å². The van der Waals surface area contributed by atoms with Crippen LogP contribution in [0.4, 0.5) is 0 Å². The Morgan fingerprint density at radius 2 is 1.43 bits per heavy atom. The summed E-state index contributed by atoms with van der Waals surface area (Å²) < 4.78 is 0. The van der Waals surface area contributed by atoms with Crippen LogP contribution in [0.15, 0.2) is 11.6 Å². The number of carboxylic acid groups (broad SMARTS) is 2. The summed E-state index contributed by atoms with van der Waals surface area (Å²) >= 11 is 0. The molecule has 0 aromatic heterocycles. The molecule has 0 radical (unpaired) electrons. The molecule has 42 heavy (non-hydrogen) atoms. The molecule has 5 heteroatoms. The fourth-order valence-corrected chi connectivity index (χ4v) is 9.93. The Kier molecular flexibility index (Phi) is 13.5. The molecule has 4 rings (SSSR count). The van der Waals surface area contributed by atoms with E-state index in [-0.39, 0.29) is 18.9 Å². The van der Waals surface area contributed by atoms with Crippen molar-refractivity contribution in [2.45, 2.75) is 163 Å². The molecule has 4 aliphatic carbocycles. The van der Waals surface area contributed by atoms with Gasteiger partial charge in [0.15, 0.2) is 0 Å². The summed E-state index contributed by atoms with van der Waals surface area (Å²) in [5.74, 6) is 3.98. The minimum atomic E-state index is -0.740. The van der Waals surface area contributed by atoms with Crippen molar-refractivity contribution in [2.75, 3.05) is 0 Å². The Balaban J connectivity index is 0.000000295. The number of hydrogen-bond acceptors (Lipinski definition) is 3. The first-order valence-electron chi connectivity index (χ1n) is 17.7. The van der Waals surface area contributed by atoms with Crippen LogP contribution in [-0.2, 0) is 9.59 Å². The molecule has 0 aliphatic heterocycles. The van der Waals surface area contributed by atoms with Gasteiger partial charge in [0.05, 0.1) is 6.10 Å². The van der Waals surface area contributed by atoms with Gasteiger partial charge in [0, 0.05) is 12.8 Å². The van der Waals surface area contributed by atoms with Gasteiger partial charge in [0.2, 0.25) is 0 Å². The third kappa shape index (κ3) is 9.08. The van der Waals surface area contributed by atoms with Gasteiger partial charge in [-0.1, -0.05) is 91.2 Å². The minimum Gasteiger partial charge on any atom is -0.481 e. The van der Waals surface area contributed by atoms with E-state index in [9.17, 15) is 14.7 Å². The van der Waals surface area contributed by atoms with Gasteiger partial charge < -0.3 is 15.3 Å². The molecule has 242 valence electrons. The van der Waals surface area contributed by atoms with Crippen LogP contribution in [0.5, 0.6) is 0 Å². The number of hydrogen-bond donors (Lipinski definition) is 3. The quantitative estimate of drug-likeness (QED) is 0.139. The monoisotopic (exact) mass is 588 g/mol. The lowest BCUT2D eigenvalue weighted by Crippen LogP contribution is -2.50. The number of aliphatic hydroxyl groups excluding tert-OH is 1. The van der Waals surface area contributed by atoms with E-state index in [1.165, 1.54) is 57.8 Å². The molecule has 0 unspecified atom stereocenters. The van der Waals surface area contributed by atoms with Crippen LogP contribution in [0.2, 0.25) is 0 Å². The van der Waals surface area contributed by atoms with Crippen LogP contribution in [0.3, 0.4) is 0 Å². The van der Waals surface area contributed by atoms with Crippen LogP contribution in [0, 0.1) is 46.3 Å². The number of rotatable bonds is 14. The predicted octanol–water partition coefficient (Wildman–Crippen LogP) is 9.67. The van der Waals surface area contributed by atoms with Crippen LogP contribution in [0.25, 0.3) is 0 Å². The van der Waals surface area contributed by atoms with Crippen molar-refractivity contribution in [3.63, 3.8) is 0 Å². The number of fused-ring (bicyclic) bond motifs is 5.